The number of nitrogens with zero attached hydrogens (tertiary/aromatic N) is 5. The second-order valence-electron chi connectivity index (χ2n) is 7.73. The summed E-state index contributed by atoms with van der Waals surface area (Å²) in [6.45, 7) is 3.69. The van der Waals surface area contributed by atoms with E-state index in [0.717, 1.165) is 29.4 Å². The smallest absolute Gasteiger partial charge is 0.199 e. The van der Waals surface area contributed by atoms with Crippen molar-refractivity contribution in [1.29, 1.82) is 0 Å². The van der Waals surface area contributed by atoms with Gasteiger partial charge >= 0.3 is 0 Å². The van der Waals surface area contributed by atoms with E-state index in [1.807, 2.05) is 29.2 Å². The molecule has 5 rings (SSSR count). The van der Waals surface area contributed by atoms with Crippen molar-refractivity contribution in [3.8, 4) is 11.4 Å². The fraction of sp³-hybridized carbons (Fsp3) is 0.409. The monoisotopic (exact) mass is 391 g/mol. The molecule has 0 N–H and O–H groups in total. The molecule has 144 valence electrons. The summed E-state index contributed by atoms with van der Waals surface area (Å²) in [7, 11) is 0. The van der Waals surface area contributed by atoms with Crippen molar-refractivity contribution in [3.05, 3.63) is 64.7 Å². The molecule has 1 unspecified atom stereocenters. The van der Waals surface area contributed by atoms with Crippen LogP contribution >= 0.6 is 12.2 Å². The predicted octanol–water partition coefficient (Wildman–Crippen LogP) is 4.61. The van der Waals surface area contributed by atoms with Crippen molar-refractivity contribution >= 4 is 12.2 Å². The fourth-order valence-corrected chi connectivity index (χ4v) is 4.76. The molecule has 1 aromatic carbocycles. The van der Waals surface area contributed by atoms with Crippen molar-refractivity contribution in [1.82, 2.24) is 24.2 Å². The van der Waals surface area contributed by atoms with Crippen LogP contribution in [0, 0.1) is 4.77 Å². The van der Waals surface area contributed by atoms with Crippen LogP contribution in [0.15, 0.2) is 48.8 Å². The van der Waals surface area contributed by atoms with E-state index in [1.165, 1.54) is 36.8 Å². The lowest BCUT2D eigenvalue weighted by atomic mass is 10.1. The van der Waals surface area contributed by atoms with E-state index >= 15 is 0 Å². The van der Waals surface area contributed by atoms with Gasteiger partial charge < -0.3 is 4.57 Å². The Balaban J connectivity index is 1.50. The molecule has 3 aromatic rings. The number of hydrogen-bond donors (Lipinski definition) is 0. The summed E-state index contributed by atoms with van der Waals surface area (Å²) < 4.78 is 4.94. The zero-order chi connectivity index (χ0) is 19.1. The summed E-state index contributed by atoms with van der Waals surface area (Å²) in [4.78, 5) is 6.76. The lowest BCUT2D eigenvalue weighted by molar-refractivity contribution is 0.131. The standard InChI is InChI=1S/C22H25N5S/c1-2-25-21(17-11-13-23-14-12-17)24-27(22(25)28)15-26(18-8-9-18)20-10-7-16-5-3-4-6-19(16)20/h3-6,11-14,18,20H,2,7-10,15H2,1H3. The maximum atomic E-state index is 5.81. The molecule has 2 aromatic heterocycles. The number of fused-ring (bicyclic) bond motifs is 1. The average molecular weight is 392 g/mol. The molecule has 0 saturated heterocycles. The van der Waals surface area contributed by atoms with Crippen LogP contribution in [-0.4, -0.2) is 30.3 Å². The van der Waals surface area contributed by atoms with Gasteiger partial charge in [-0.3, -0.25) is 9.88 Å². The molecule has 28 heavy (non-hydrogen) atoms. The van der Waals surface area contributed by atoms with E-state index in [2.05, 4.69) is 45.6 Å². The minimum atomic E-state index is 0.474. The van der Waals surface area contributed by atoms with Gasteiger partial charge in [-0.25, -0.2) is 4.68 Å². The van der Waals surface area contributed by atoms with Gasteiger partial charge in [0.05, 0.1) is 6.67 Å². The van der Waals surface area contributed by atoms with Crippen molar-refractivity contribution in [3.63, 3.8) is 0 Å². The van der Waals surface area contributed by atoms with Gasteiger partial charge in [0.25, 0.3) is 0 Å². The second-order valence-corrected chi connectivity index (χ2v) is 8.09. The molecule has 6 heteroatoms. The molecule has 0 spiro atoms. The first-order chi connectivity index (χ1) is 13.8. The fourth-order valence-electron chi connectivity index (χ4n) is 4.44. The summed E-state index contributed by atoms with van der Waals surface area (Å²) in [6, 6.07) is 14.0. The van der Waals surface area contributed by atoms with Gasteiger partial charge in [-0.1, -0.05) is 24.3 Å². The Morgan fingerprint density at radius 1 is 1.11 bits per heavy atom. The molecule has 2 aliphatic carbocycles. The van der Waals surface area contributed by atoms with Gasteiger partial charge in [0.2, 0.25) is 0 Å². The van der Waals surface area contributed by atoms with Crippen LogP contribution in [-0.2, 0) is 19.6 Å². The van der Waals surface area contributed by atoms with Gasteiger partial charge in [0.15, 0.2) is 10.6 Å². The van der Waals surface area contributed by atoms with Gasteiger partial charge in [0.1, 0.15) is 0 Å². The normalized spacial score (nSPS) is 18.6. The SMILES string of the molecule is CCn1c(-c2ccncc2)nn(CN(C2CC2)C2CCc3ccccc32)c1=S. The van der Waals surface area contributed by atoms with Gasteiger partial charge in [-0.15, -0.1) is 0 Å². The molecule has 0 aliphatic heterocycles. The minimum absolute atomic E-state index is 0.474. The summed E-state index contributed by atoms with van der Waals surface area (Å²) in [5.74, 6) is 0.928. The number of pyridine rings is 1. The summed E-state index contributed by atoms with van der Waals surface area (Å²) in [5.41, 5.74) is 4.05. The van der Waals surface area contributed by atoms with E-state index in [1.54, 1.807) is 0 Å². The molecule has 0 bridgehead atoms. The molecular weight excluding hydrogens is 366 g/mol. The first kappa shape index (κ1) is 17.8. The summed E-state index contributed by atoms with van der Waals surface area (Å²) in [6.07, 6.45) is 8.53. The molecule has 1 fully saturated rings. The Morgan fingerprint density at radius 2 is 1.89 bits per heavy atom. The van der Waals surface area contributed by atoms with Crippen molar-refractivity contribution in [2.75, 3.05) is 0 Å². The topological polar surface area (TPSA) is 38.9 Å². The number of aryl methyl sites for hydroxylation is 1. The number of benzene rings is 1. The first-order valence-corrected chi connectivity index (χ1v) is 10.6. The van der Waals surface area contributed by atoms with Crippen molar-refractivity contribution in [2.45, 2.75) is 57.9 Å². The van der Waals surface area contributed by atoms with E-state index in [-0.39, 0.29) is 0 Å². The third-order valence-corrected chi connectivity index (χ3v) is 6.42. The lowest BCUT2D eigenvalue weighted by Gasteiger charge is -2.29. The summed E-state index contributed by atoms with van der Waals surface area (Å²) >= 11 is 5.81. The lowest BCUT2D eigenvalue weighted by Crippen LogP contribution is -2.32. The van der Waals surface area contributed by atoms with Crippen LogP contribution in [0.25, 0.3) is 11.4 Å². The molecule has 0 amide bonds. The van der Waals surface area contributed by atoms with E-state index in [9.17, 15) is 0 Å². The molecule has 2 heterocycles. The van der Waals surface area contributed by atoms with Crippen LogP contribution in [0.4, 0.5) is 0 Å². The largest absolute Gasteiger partial charge is 0.300 e. The van der Waals surface area contributed by atoms with Gasteiger partial charge in [-0.05, 0) is 68.1 Å². The molecule has 1 saturated carbocycles. The molecule has 2 aliphatic rings. The van der Waals surface area contributed by atoms with Gasteiger partial charge in [0, 0.05) is 36.6 Å². The third-order valence-electron chi connectivity index (χ3n) is 5.99. The highest BCUT2D eigenvalue weighted by molar-refractivity contribution is 7.71. The van der Waals surface area contributed by atoms with Crippen LogP contribution in [0.1, 0.15) is 43.4 Å². The van der Waals surface area contributed by atoms with Crippen LogP contribution in [0.5, 0.6) is 0 Å². The Kier molecular flexibility index (Phi) is 4.61. The number of aromatic nitrogens is 4. The van der Waals surface area contributed by atoms with Crippen molar-refractivity contribution < 1.29 is 0 Å². The van der Waals surface area contributed by atoms with E-state index < -0.39 is 0 Å². The van der Waals surface area contributed by atoms with Crippen LogP contribution in [0.2, 0.25) is 0 Å². The molecule has 1 atom stereocenters. The highest BCUT2D eigenvalue weighted by Crippen LogP contribution is 2.42. The summed E-state index contributed by atoms with van der Waals surface area (Å²) in [5, 5.41) is 4.93. The minimum Gasteiger partial charge on any atom is -0.300 e. The van der Waals surface area contributed by atoms with Crippen LogP contribution < -0.4 is 0 Å². The highest BCUT2D eigenvalue weighted by Gasteiger charge is 2.38. The quantitative estimate of drug-likeness (QED) is 0.576. The predicted molar refractivity (Wildman–Crippen MR) is 112 cm³/mol. The number of hydrogen-bond acceptors (Lipinski definition) is 4. The Bertz CT molecular complexity index is 1030. The highest BCUT2D eigenvalue weighted by atomic mass is 32.1. The van der Waals surface area contributed by atoms with E-state index in [4.69, 9.17) is 17.3 Å². The Morgan fingerprint density at radius 3 is 2.64 bits per heavy atom. The third kappa shape index (κ3) is 3.10. The van der Waals surface area contributed by atoms with E-state index in [0.29, 0.717) is 12.1 Å². The Labute approximate surface area is 170 Å². The first-order valence-electron chi connectivity index (χ1n) is 10.2. The molecule has 5 nitrogen and oxygen atoms in total. The molecular formula is C22H25N5S. The maximum Gasteiger partial charge on any atom is 0.199 e. The zero-order valence-electron chi connectivity index (χ0n) is 16.2. The second kappa shape index (κ2) is 7.26. The molecule has 0 radical (unpaired) electrons. The number of rotatable bonds is 6. The zero-order valence-corrected chi connectivity index (χ0v) is 17.0. The maximum absolute atomic E-state index is 5.81. The Hall–Kier alpha value is -2.31. The van der Waals surface area contributed by atoms with Crippen LogP contribution in [0.3, 0.4) is 0 Å². The van der Waals surface area contributed by atoms with Gasteiger partial charge in [-0.2, -0.15) is 5.10 Å². The average Bonchev–Trinajstić information content (AvgIpc) is 3.41. The van der Waals surface area contributed by atoms with Crippen molar-refractivity contribution in [2.24, 2.45) is 0 Å².